The molecule has 0 radical (unpaired) electrons. The van der Waals surface area contributed by atoms with Crippen molar-refractivity contribution < 1.29 is 14.0 Å². The number of amides is 1. The molecule has 1 aromatic carbocycles. The molecule has 1 fully saturated rings. The Morgan fingerprint density at radius 2 is 2.04 bits per heavy atom. The molecule has 0 unspecified atom stereocenters. The van der Waals surface area contributed by atoms with Crippen LogP contribution in [0.25, 0.3) is 0 Å². The maximum atomic E-state index is 13.1. The summed E-state index contributed by atoms with van der Waals surface area (Å²) in [6, 6.07) is 6.40. The van der Waals surface area contributed by atoms with Gasteiger partial charge in [-0.3, -0.25) is 4.79 Å². The molecule has 136 valence electrons. The molecule has 1 saturated heterocycles. The smallest absolute Gasteiger partial charge is 0.226 e. The van der Waals surface area contributed by atoms with Gasteiger partial charge in [-0.1, -0.05) is 17.3 Å². The summed E-state index contributed by atoms with van der Waals surface area (Å²) in [5, 5.41) is 10.6. The van der Waals surface area contributed by atoms with Crippen molar-refractivity contribution in [2.75, 3.05) is 13.1 Å². The quantitative estimate of drug-likeness (QED) is 0.861. The number of nitrogens with one attached hydrogen (secondary N) is 2. The fraction of sp³-hybridized carbons (Fsp3) is 0.579. The lowest BCUT2D eigenvalue weighted by molar-refractivity contribution is -0.135. The van der Waals surface area contributed by atoms with E-state index in [1.807, 2.05) is 13.8 Å². The van der Waals surface area contributed by atoms with Crippen molar-refractivity contribution in [1.29, 1.82) is 0 Å². The fourth-order valence-electron chi connectivity index (χ4n) is 3.63. The van der Waals surface area contributed by atoms with E-state index >= 15 is 0 Å². The van der Waals surface area contributed by atoms with Crippen molar-refractivity contribution in [3.05, 3.63) is 35.6 Å². The Labute approximate surface area is 148 Å². The summed E-state index contributed by atoms with van der Waals surface area (Å²) in [5.41, 5.74) is 1.28. The highest BCUT2D eigenvalue weighted by Gasteiger charge is 2.43. The van der Waals surface area contributed by atoms with Gasteiger partial charge in [0.25, 0.3) is 0 Å². The van der Waals surface area contributed by atoms with Crippen LogP contribution in [0, 0.1) is 11.2 Å². The third-order valence-electron chi connectivity index (χ3n) is 4.99. The molecule has 0 aromatic heterocycles. The van der Waals surface area contributed by atoms with Crippen LogP contribution in [0.5, 0.6) is 0 Å². The summed E-state index contributed by atoms with van der Waals surface area (Å²) >= 11 is 0. The van der Waals surface area contributed by atoms with Crippen molar-refractivity contribution in [3.8, 4) is 0 Å². The topological polar surface area (TPSA) is 62.7 Å². The molecule has 1 atom stereocenters. The molecule has 0 saturated carbocycles. The minimum atomic E-state index is -0.409. The Balaban J connectivity index is 1.67. The summed E-state index contributed by atoms with van der Waals surface area (Å²) in [6.45, 7) is 5.64. The van der Waals surface area contributed by atoms with E-state index in [1.54, 1.807) is 12.1 Å². The Morgan fingerprint density at radius 3 is 2.68 bits per heavy atom. The molecule has 1 amide bonds. The first-order valence-corrected chi connectivity index (χ1v) is 8.99. The van der Waals surface area contributed by atoms with Crippen LogP contribution >= 0.6 is 0 Å². The monoisotopic (exact) mass is 347 g/mol. The van der Waals surface area contributed by atoms with E-state index in [1.165, 1.54) is 12.1 Å². The molecule has 25 heavy (non-hydrogen) atoms. The van der Waals surface area contributed by atoms with Crippen LogP contribution in [0.1, 0.15) is 45.1 Å². The minimum Gasteiger partial charge on any atom is -0.392 e. The SMILES string of the molecule is CC(C)NC(=O)C1(C[C@@H]2CC(c3ccc(F)cc3)=NO2)CCNCC1. The summed E-state index contributed by atoms with van der Waals surface area (Å²) in [4.78, 5) is 18.5. The predicted molar refractivity (Wildman–Crippen MR) is 94.9 cm³/mol. The number of hydrogen-bond donors (Lipinski definition) is 2. The first-order chi connectivity index (χ1) is 12.0. The zero-order chi connectivity index (χ0) is 17.9. The van der Waals surface area contributed by atoms with Crippen LogP contribution in [0.15, 0.2) is 29.4 Å². The zero-order valence-corrected chi connectivity index (χ0v) is 14.8. The van der Waals surface area contributed by atoms with E-state index in [0.717, 1.165) is 37.2 Å². The Morgan fingerprint density at radius 1 is 1.36 bits per heavy atom. The second-order valence-corrected chi connectivity index (χ2v) is 7.34. The number of carbonyl (C=O) groups excluding carboxylic acids is 1. The van der Waals surface area contributed by atoms with Gasteiger partial charge in [-0.25, -0.2) is 4.39 Å². The lowest BCUT2D eigenvalue weighted by atomic mass is 9.73. The number of nitrogens with zero attached hydrogens (tertiary/aromatic N) is 1. The minimum absolute atomic E-state index is 0.114. The lowest BCUT2D eigenvalue weighted by Gasteiger charge is -2.38. The van der Waals surface area contributed by atoms with Crippen LogP contribution in [0.4, 0.5) is 4.39 Å². The van der Waals surface area contributed by atoms with Crippen LogP contribution < -0.4 is 10.6 Å². The molecule has 0 spiro atoms. The van der Waals surface area contributed by atoms with Crippen LogP contribution in [0.2, 0.25) is 0 Å². The average Bonchev–Trinajstić information content (AvgIpc) is 3.04. The van der Waals surface area contributed by atoms with Gasteiger partial charge in [-0.2, -0.15) is 0 Å². The van der Waals surface area contributed by atoms with E-state index in [2.05, 4.69) is 15.8 Å². The third-order valence-corrected chi connectivity index (χ3v) is 4.99. The second-order valence-electron chi connectivity index (χ2n) is 7.34. The highest BCUT2D eigenvalue weighted by Crippen LogP contribution is 2.37. The van der Waals surface area contributed by atoms with E-state index in [9.17, 15) is 9.18 Å². The summed E-state index contributed by atoms with van der Waals surface area (Å²) in [5.74, 6) is -0.151. The second kappa shape index (κ2) is 7.52. The van der Waals surface area contributed by atoms with Gasteiger partial charge in [-0.15, -0.1) is 0 Å². The first-order valence-electron chi connectivity index (χ1n) is 8.99. The lowest BCUT2D eigenvalue weighted by Crippen LogP contribution is -2.50. The molecule has 0 bridgehead atoms. The van der Waals surface area contributed by atoms with Crippen molar-refractivity contribution in [2.45, 2.75) is 51.7 Å². The molecule has 3 rings (SSSR count). The molecule has 6 heteroatoms. The molecular formula is C19H26FN3O2. The molecule has 0 aliphatic carbocycles. The summed E-state index contributed by atoms with van der Waals surface area (Å²) in [7, 11) is 0. The molecule has 2 aliphatic rings. The Kier molecular flexibility index (Phi) is 5.37. The number of carbonyl (C=O) groups is 1. The summed E-state index contributed by atoms with van der Waals surface area (Å²) < 4.78 is 13.1. The first kappa shape index (κ1) is 17.9. The largest absolute Gasteiger partial charge is 0.392 e. The van der Waals surface area contributed by atoms with E-state index in [0.29, 0.717) is 12.8 Å². The molecule has 1 aromatic rings. The van der Waals surface area contributed by atoms with Gasteiger partial charge in [0.15, 0.2) is 0 Å². The van der Waals surface area contributed by atoms with Crippen molar-refractivity contribution in [1.82, 2.24) is 10.6 Å². The number of oxime groups is 1. The molecule has 2 N–H and O–H groups in total. The highest BCUT2D eigenvalue weighted by molar-refractivity contribution is 6.01. The van der Waals surface area contributed by atoms with Crippen LogP contribution in [-0.2, 0) is 9.63 Å². The van der Waals surface area contributed by atoms with Gasteiger partial charge in [0.2, 0.25) is 5.91 Å². The zero-order valence-electron chi connectivity index (χ0n) is 14.8. The Bertz CT molecular complexity index is 637. The summed E-state index contributed by atoms with van der Waals surface area (Å²) in [6.07, 6.45) is 2.79. The number of piperidine rings is 1. The van der Waals surface area contributed by atoms with Crippen LogP contribution in [0.3, 0.4) is 0 Å². The normalized spacial score (nSPS) is 22.4. The van der Waals surface area contributed by atoms with Gasteiger partial charge in [-0.05, 0) is 57.5 Å². The number of halogens is 1. The van der Waals surface area contributed by atoms with Gasteiger partial charge in [0, 0.05) is 18.9 Å². The van der Waals surface area contributed by atoms with Gasteiger partial charge in [0.05, 0.1) is 11.1 Å². The number of benzene rings is 1. The maximum Gasteiger partial charge on any atom is 0.226 e. The van der Waals surface area contributed by atoms with Crippen molar-refractivity contribution in [2.24, 2.45) is 10.6 Å². The Hall–Kier alpha value is -1.95. The molecule has 5 nitrogen and oxygen atoms in total. The predicted octanol–water partition coefficient (Wildman–Crippen LogP) is 2.60. The van der Waals surface area contributed by atoms with Gasteiger partial charge >= 0.3 is 0 Å². The molecule has 2 heterocycles. The average molecular weight is 347 g/mol. The van der Waals surface area contributed by atoms with E-state index < -0.39 is 5.41 Å². The third kappa shape index (κ3) is 4.18. The van der Waals surface area contributed by atoms with Crippen molar-refractivity contribution in [3.63, 3.8) is 0 Å². The standard InChI is InChI=1S/C19H26FN3O2/c1-13(2)22-18(24)19(7-9-21-10-8-19)12-16-11-17(23-25-16)14-3-5-15(20)6-4-14/h3-6,13,16,21H,7-12H2,1-2H3,(H,22,24)/t16-/m0/s1. The van der Waals surface area contributed by atoms with Crippen molar-refractivity contribution >= 4 is 11.6 Å². The molecular weight excluding hydrogens is 321 g/mol. The highest BCUT2D eigenvalue weighted by atomic mass is 19.1. The van der Waals surface area contributed by atoms with E-state index in [4.69, 9.17) is 4.84 Å². The van der Waals surface area contributed by atoms with Crippen LogP contribution in [-0.4, -0.2) is 36.9 Å². The number of hydrogen-bond acceptors (Lipinski definition) is 4. The van der Waals surface area contributed by atoms with Gasteiger partial charge < -0.3 is 15.5 Å². The maximum absolute atomic E-state index is 13.1. The fourth-order valence-corrected chi connectivity index (χ4v) is 3.63. The van der Waals surface area contributed by atoms with Gasteiger partial charge in [0.1, 0.15) is 11.9 Å². The van der Waals surface area contributed by atoms with E-state index in [-0.39, 0.29) is 23.9 Å². The molecule has 2 aliphatic heterocycles. The number of rotatable bonds is 5.